The van der Waals surface area contributed by atoms with Gasteiger partial charge < -0.3 is 0 Å². The summed E-state index contributed by atoms with van der Waals surface area (Å²) in [6.45, 7) is 0. The van der Waals surface area contributed by atoms with Crippen LogP contribution in [-0.2, 0) is 18.2 Å². The summed E-state index contributed by atoms with van der Waals surface area (Å²) in [4.78, 5) is 5.31. The van der Waals surface area contributed by atoms with Crippen LogP contribution in [0.15, 0.2) is 17.0 Å². The molecule has 9 heavy (non-hydrogen) atoms. The van der Waals surface area contributed by atoms with Crippen LogP contribution < -0.4 is 0 Å². The molecule has 1 unspecified atom stereocenters. The summed E-state index contributed by atoms with van der Waals surface area (Å²) in [5.41, 5.74) is 0. The zero-order valence-electron chi connectivity index (χ0n) is 4.37. The summed E-state index contributed by atoms with van der Waals surface area (Å²) >= 11 is -1.97. The fourth-order valence-corrected chi connectivity index (χ4v) is 1.25. The van der Waals surface area contributed by atoms with E-state index in [1.165, 1.54) is 0 Å². The van der Waals surface area contributed by atoms with Gasteiger partial charge in [0.15, 0.2) is 0 Å². The third-order valence-electron chi connectivity index (χ3n) is 0.442. The van der Waals surface area contributed by atoms with Crippen LogP contribution in [0.5, 0.6) is 0 Å². The Morgan fingerprint density at radius 1 is 1.33 bits per heavy atom. The van der Waals surface area contributed by atoms with Crippen LogP contribution in [0, 0.1) is 4.86 Å². The summed E-state index contributed by atoms with van der Waals surface area (Å²) in [6, 6.07) is 0. The molecule has 0 radical (unpaired) electrons. The van der Waals surface area contributed by atoms with E-state index >= 15 is 0 Å². The Labute approximate surface area is 80.3 Å². The van der Waals surface area contributed by atoms with Gasteiger partial charge in [0, 0.05) is 0 Å². The van der Waals surface area contributed by atoms with Gasteiger partial charge in [-0.25, -0.2) is 0 Å². The van der Waals surface area contributed by atoms with Crippen LogP contribution in [-0.4, -0.2) is 15.8 Å². The second-order valence-corrected chi connectivity index (χ2v) is 14.1. The van der Waals surface area contributed by atoms with E-state index < -0.39 is 18.2 Å². The van der Waals surface area contributed by atoms with Gasteiger partial charge in [-0.05, 0) is 0 Å². The van der Waals surface area contributed by atoms with E-state index in [-0.39, 0.29) is 15.8 Å². The molecular formula is C4H4AsCl3Zr-. The van der Waals surface area contributed by atoms with E-state index in [2.05, 4.69) is 15.8 Å². The van der Waals surface area contributed by atoms with E-state index in [0.29, 0.717) is 0 Å². The Kier molecular flexibility index (Phi) is 9.47. The molecule has 1 heterocycles. The first-order valence-electron chi connectivity index (χ1n) is 2.06. The van der Waals surface area contributed by atoms with E-state index in [0.717, 1.165) is 0 Å². The summed E-state index contributed by atoms with van der Waals surface area (Å²) in [6.07, 6.45) is 4.04. The van der Waals surface area contributed by atoms with Gasteiger partial charge in [0.05, 0.1) is 0 Å². The molecule has 0 amide bonds. The van der Waals surface area contributed by atoms with Gasteiger partial charge >= 0.3 is 81.3 Å². The minimum absolute atomic E-state index is 0.153. The third-order valence-corrected chi connectivity index (χ3v) is 1.90. The van der Waals surface area contributed by atoms with Crippen molar-refractivity contribution in [3.05, 3.63) is 21.9 Å². The third kappa shape index (κ3) is 12.9. The summed E-state index contributed by atoms with van der Waals surface area (Å²) in [5, 5.41) is 0. The van der Waals surface area contributed by atoms with Crippen LogP contribution >= 0.6 is 25.5 Å². The zero-order chi connectivity index (χ0) is 7.11. The molecule has 0 saturated heterocycles. The normalized spacial score (nSPS) is 15.4. The van der Waals surface area contributed by atoms with Crippen molar-refractivity contribution >= 4 is 41.3 Å². The first-order chi connectivity index (χ1) is 4.23. The van der Waals surface area contributed by atoms with Gasteiger partial charge in [0.2, 0.25) is 0 Å². The van der Waals surface area contributed by atoms with E-state index in [1.54, 1.807) is 0 Å². The summed E-state index contributed by atoms with van der Waals surface area (Å²) in [7, 11) is 15.0. The van der Waals surface area contributed by atoms with Crippen molar-refractivity contribution in [2.24, 2.45) is 0 Å². The van der Waals surface area contributed by atoms with Crippen molar-refractivity contribution in [3.8, 4) is 0 Å². The average Bonchev–Trinajstić information content (AvgIpc) is 2.11. The van der Waals surface area contributed by atoms with E-state index in [1.807, 2.05) is 6.08 Å². The molecule has 1 atom stereocenters. The molecule has 0 aliphatic carbocycles. The number of rotatable bonds is 0. The fraction of sp³-hybridized carbons (Fsp3) is 0. The number of hydrogen-bond acceptors (Lipinski definition) is 0. The van der Waals surface area contributed by atoms with Crippen molar-refractivity contribution in [3.63, 3.8) is 0 Å². The first kappa shape index (κ1) is 10.8. The molecule has 0 aromatic rings. The summed E-state index contributed by atoms with van der Waals surface area (Å²) in [5.74, 6) is 0. The molecule has 51 valence electrons. The number of halogens is 3. The topological polar surface area (TPSA) is 0 Å². The van der Waals surface area contributed by atoms with Crippen molar-refractivity contribution in [1.82, 2.24) is 0 Å². The zero-order valence-corrected chi connectivity index (χ0v) is 11.2. The van der Waals surface area contributed by atoms with Gasteiger partial charge in [0.25, 0.3) is 0 Å². The van der Waals surface area contributed by atoms with Crippen molar-refractivity contribution in [1.29, 1.82) is 0 Å². The van der Waals surface area contributed by atoms with Gasteiger partial charge in [-0.2, -0.15) is 0 Å². The minimum atomic E-state index is -2.13. The fourth-order valence-electron chi connectivity index (χ4n) is 0.241. The molecule has 0 bridgehead atoms. The Hall–Kier alpha value is 1.79. The van der Waals surface area contributed by atoms with Crippen molar-refractivity contribution < 1.29 is 18.2 Å². The molecule has 1 aliphatic rings. The molecule has 1 rings (SSSR count). The standard InChI is InChI=1S/C4H4As.3ClH.Zr/c1-2-4-5-3-1;;;;/h1-3,5H;3*1H;/q-1;;;;+3/p-3. The van der Waals surface area contributed by atoms with Crippen molar-refractivity contribution in [2.45, 2.75) is 0 Å². The van der Waals surface area contributed by atoms with Crippen LogP contribution in [0.1, 0.15) is 0 Å². The molecular weight excluding hydrogens is 321 g/mol. The maximum absolute atomic E-state index is 5.00. The van der Waals surface area contributed by atoms with Gasteiger partial charge in [0.1, 0.15) is 0 Å². The Morgan fingerprint density at radius 2 is 1.89 bits per heavy atom. The van der Waals surface area contributed by atoms with Gasteiger partial charge in [-0.1, -0.05) is 0 Å². The average molecular weight is 325 g/mol. The molecule has 0 aromatic carbocycles. The SMILES string of the molecule is [C-]1=CC=C[AsH]1.[Cl][Zr]([Cl])[Cl]. The number of hydrogen-bond donors (Lipinski definition) is 0. The number of allylic oxidation sites excluding steroid dienone is 2. The molecule has 0 spiro atoms. The predicted octanol–water partition coefficient (Wildman–Crippen LogP) is 2.33. The second kappa shape index (κ2) is 7.89. The monoisotopic (exact) mass is 322 g/mol. The van der Waals surface area contributed by atoms with E-state index in [4.69, 9.17) is 25.5 Å². The van der Waals surface area contributed by atoms with E-state index in [9.17, 15) is 0 Å². The molecule has 0 aromatic heterocycles. The molecule has 1 aliphatic heterocycles. The van der Waals surface area contributed by atoms with Crippen LogP contribution in [0.3, 0.4) is 0 Å². The molecule has 5 heteroatoms. The Balaban J connectivity index is 0.000000148. The van der Waals surface area contributed by atoms with Gasteiger partial charge in [-0.3, -0.25) is 0 Å². The first-order valence-corrected chi connectivity index (χ1v) is 13.8. The van der Waals surface area contributed by atoms with Crippen molar-refractivity contribution in [2.75, 3.05) is 0 Å². The Bertz CT molecular complexity index is 99.6. The maximum atomic E-state index is 5.00. The quantitative estimate of drug-likeness (QED) is 0.474. The Morgan fingerprint density at radius 3 is 2.00 bits per heavy atom. The molecule has 0 N–H and O–H groups in total. The molecule has 0 fully saturated rings. The van der Waals surface area contributed by atoms with Crippen LogP contribution in [0.4, 0.5) is 0 Å². The molecule has 0 nitrogen and oxygen atoms in total. The van der Waals surface area contributed by atoms with Crippen LogP contribution in [0.25, 0.3) is 0 Å². The molecule has 0 saturated carbocycles. The van der Waals surface area contributed by atoms with Gasteiger partial charge in [-0.15, -0.1) is 0 Å². The van der Waals surface area contributed by atoms with Crippen LogP contribution in [0.2, 0.25) is 0 Å². The second-order valence-electron chi connectivity index (χ2n) is 1.03. The predicted molar refractivity (Wildman–Crippen MR) is 41.7 cm³/mol. The summed E-state index contributed by atoms with van der Waals surface area (Å²) < 4.78 is 0.